The van der Waals surface area contributed by atoms with E-state index in [9.17, 15) is 9.82 Å². The van der Waals surface area contributed by atoms with Gasteiger partial charge in [-0.3, -0.25) is 9.48 Å². The Hall–Kier alpha value is -2.07. The van der Waals surface area contributed by atoms with Gasteiger partial charge in [-0.15, -0.1) is 0 Å². The summed E-state index contributed by atoms with van der Waals surface area (Å²) in [5.74, 6) is -0.208. The molecule has 0 radical (unpaired) electrons. The molecule has 0 bridgehead atoms. The van der Waals surface area contributed by atoms with Crippen LogP contribution in [0, 0.1) is 0 Å². The number of anilines is 2. The molecule has 2 aromatic rings. The first-order valence-electron chi connectivity index (χ1n) is 8.38. The Morgan fingerprint density at radius 3 is 3.08 bits per heavy atom. The highest BCUT2D eigenvalue weighted by molar-refractivity contribution is 6.65. The Kier molecular flexibility index (Phi) is 4.62. The molecule has 4 N–H and O–H groups in total. The molecule has 2 aliphatic rings. The number of nitrogens with one attached hydrogen (secondary N) is 1. The molecule has 0 spiro atoms. The fraction of sp³-hybridized carbons (Fsp3) is 0.375. The number of fused-ring (bicyclic) bond motifs is 1. The van der Waals surface area contributed by atoms with Crippen LogP contribution in [0.4, 0.5) is 11.5 Å². The van der Waals surface area contributed by atoms with Crippen molar-refractivity contribution in [1.29, 1.82) is 0 Å². The predicted octanol–water partition coefficient (Wildman–Crippen LogP) is 0.948. The van der Waals surface area contributed by atoms with Crippen LogP contribution in [0.3, 0.4) is 0 Å². The third-order valence-corrected chi connectivity index (χ3v) is 4.94. The van der Waals surface area contributed by atoms with Gasteiger partial charge >= 0.3 is 7.12 Å². The number of primary amides is 1. The fourth-order valence-electron chi connectivity index (χ4n) is 3.32. The molecule has 0 saturated carbocycles. The van der Waals surface area contributed by atoms with Gasteiger partial charge in [-0.05, 0) is 30.5 Å². The number of rotatable bonds is 4. The quantitative estimate of drug-likeness (QED) is 0.685. The molecule has 10 heteroatoms. The summed E-state index contributed by atoms with van der Waals surface area (Å²) in [5, 5.41) is 17.8. The largest absolute Gasteiger partial charge is 0.493 e. The van der Waals surface area contributed by atoms with Gasteiger partial charge in [0.25, 0.3) is 5.91 Å². The van der Waals surface area contributed by atoms with Gasteiger partial charge in [-0.2, -0.15) is 5.10 Å². The van der Waals surface area contributed by atoms with Crippen molar-refractivity contribution in [3.8, 4) is 0 Å². The van der Waals surface area contributed by atoms with Gasteiger partial charge < -0.3 is 25.5 Å². The summed E-state index contributed by atoms with van der Waals surface area (Å²) in [4.78, 5) is 11.8. The van der Waals surface area contributed by atoms with Crippen LogP contribution in [0.5, 0.6) is 0 Å². The molecule has 136 valence electrons. The number of carbonyl (C=O) groups excluding carboxylic acids is 1. The van der Waals surface area contributed by atoms with Crippen LogP contribution in [-0.4, -0.2) is 41.0 Å². The molecule has 26 heavy (non-hydrogen) atoms. The molecule has 8 nitrogen and oxygen atoms in total. The minimum atomic E-state index is -1.02. The van der Waals surface area contributed by atoms with Crippen molar-refractivity contribution >= 4 is 41.6 Å². The lowest BCUT2D eigenvalue weighted by Crippen LogP contribution is -2.29. The maximum atomic E-state index is 11.8. The number of hydrogen-bond acceptors (Lipinski definition) is 6. The fourth-order valence-corrected chi connectivity index (χ4v) is 3.65. The molecule has 4 rings (SSSR count). The van der Waals surface area contributed by atoms with Gasteiger partial charge in [0.15, 0.2) is 5.82 Å². The van der Waals surface area contributed by atoms with Gasteiger partial charge in [-0.25, -0.2) is 0 Å². The highest BCUT2D eigenvalue weighted by Gasteiger charge is 2.30. The van der Waals surface area contributed by atoms with E-state index in [4.69, 9.17) is 26.7 Å². The molecule has 1 unspecified atom stereocenters. The minimum absolute atomic E-state index is 0.0737. The summed E-state index contributed by atoms with van der Waals surface area (Å²) in [6, 6.07) is 3.54. The molecule has 1 atom stereocenters. The van der Waals surface area contributed by atoms with Gasteiger partial charge in [0, 0.05) is 29.0 Å². The van der Waals surface area contributed by atoms with Crippen LogP contribution in [0.1, 0.15) is 34.8 Å². The summed E-state index contributed by atoms with van der Waals surface area (Å²) in [7, 11) is -1.02. The predicted molar refractivity (Wildman–Crippen MR) is 97.0 cm³/mol. The number of amides is 1. The smallest absolute Gasteiger partial charge is 0.423 e. The molecule has 0 aliphatic carbocycles. The van der Waals surface area contributed by atoms with E-state index < -0.39 is 13.0 Å². The molecule has 1 saturated heterocycles. The third kappa shape index (κ3) is 3.19. The Morgan fingerprint density at radius 1 is 1.50 bits per heavy atom. The zero-order valence-electron chi connectivity index (χ0n) is 13.9. The van der Waals surface area contributed by atoms with Gasteiger partial charge in [0.05, 0.1) is 19.3 Å². The van der Waals surface area contributed by atoms with Crippen LogP contribution in [0.2, 0.25) is 5.02 Å². The van der Waals surface area contributed by atoms with E-state index in [1.54, 1.807) is 16.9 Å². The maximum absolute atomic E-state index is 11.8. The molecule has 1 aromatic heterocycles. The summed E-state index contributed by atoms with van der Waals surface area (Å²) in [5.41, 5.74) is 7.79. The molecule has 1 fully saturated rings. The Labute approximate surface area is 155 Å². The summed E-state index contributed by atoms with van der Waals surface area (Å²) < 4.78 is 12.4. The molecular formula is C16H18BClN4O4. The number of nitrogens with zero attached hydrogens (tertiary/aromatic N) is 2. The van der Waals surface area contributed by atoms with Crippen molar-refractivity contribution in [3.05, 3.63) is 34.5 Å². The highest BCUT2D eigenvalue weighted by Crippen LogP contribution is 2.27. The van der Waals surface area contributed by atoms with Gasteiger partial charge in [0.1, 0.15) is 5.56 Å². The molecule has 1 amide bonds. The van der Waals surface area contributed by atoms with Crippen molar-refractivity contribution in [2.24, 2.45) is 5.73 Å². The number of hydrogen-bond donors (Lipinski definition) is 3. The second kappa shape index (κ2) is 6.92. The number of benzene rings is 1. The second-order valence-corrected chi connectivity index (χ2v) is 6.83. The molecule has 3 heterocycles. The van der Waals surface area contributed by atoms with Crippen molar-refractivity contribution in [3.63, 3.8) is 0 Å². The van der Waals surface area contributed by atoms with E-state index in [0.717, 1.165) is 25.0 Å². The molecule has 2 aliphatic heterocycles. The van der Waals surface area contributed by atoms with Crippen LogP contribution in [0.25, 0.3) is 0 Å². The second-order valence-electron chi connectivity index (χ2n) is 6.43. The van der Waals surface area contributed by atoms with Crippen LogP contribution >= 0.6 is 11.6 Å². The zero-order valence-corrected chi connectivity index (χ0v) is 14.7. The zero-order chi connectivity index (χ0) is 18.3. The number of nitrogens with two attached hydrogens (primary N) is 1. The van der Waals surface area contributed by atoms with E-state index in [-0.39, 0.29) is 12.6 Å². The van der Waals surface area contributed by atoms with E-state index in [1.807, 2.05) is 6.07 Å². The van der Waals surface area contributed by atoms with E-state index in [0.29, 0.717) is 34.2 Å². The Balaban J connectivity index is 1.64. The van der Waals surface area contributed by atoms with Crippen LogP contribution < -0.4 is 16.5 Å². The first-order chi connectivity index (χ1) is 12.5. The molecular weight excluding hydrogens is 358 g/mol. The number of ether oxygens (including phenoxy) is 1. The van der Waals surface area contributed by atoms with Crippen molar-refractivity contribution < 1.29 is 19.2 Å². The lowest BCUT2D eigenvalue weighted by atomic mass is 9.79. The standard InChI is InChI=1S/C16H18BClN4O4/c18-13-5-10(4-9-7-26-17(24)14(9)13)20-16-12(15(19)23)6-22(21-16)11-2-1-3-25-8-11/h4-6,11,24H,1-3,7-8H2,(H2,19,23)(H,20,21). The number of carbonyl (C=O) groups is 1. The average molecular weight is 377 g/mol. The lowest BCUT2D eigenvalue weighted by Gasteiger charge is -2.22. The minimum Gasteiger partial charge on any atom is -0.423 e. The Morgan fingerprint density at radius 2 is 2.35 bits per heavy atom. The topological polar surface area (TPSA) is 112 Å². The van der Waals surface area contributed by atoms with Crippen LogP contribution in [0.15, 0.2) is 18.3 Å². The highest BCUT2D eigenvalue weighted by atomic mass is 35.5. The van der Waals surface area contributed by atoms with Crippen molar-refractivity contribution in [1.82, 2.24) is 9.78 Å². The summed E-state index contributed by atoms with van der Waals surface area (Å²) in [6.07, 6.45) is 3.52. The van der Waals surface area contributed by atoms with Crippen molar-refractivity contribution in [2.45, 2.75) is 25.5 Å². The normalized spacial score (nSPS) is 19.5. The maximum Gasteiger partial charge on any atom is 0.493 e. The third-order valence-electron chi connectivity index (χ3n) is 4.63. The van der Waals surface area contributed by atoms with Crippen LogP contribution in [-0.2, 0) is 16.0 Å². The number of aromatic nitrogens is 2. The first kappa shape index (κ1) is 17.4. The van der Waals surface area contributed by atoms with E-state index in [1.165, 1.54) is 0 Å². The summed E-state index contributed by atoms with van der Waals surface area (Å²) >= 11 is 6.25. The van der Waals surface area contributed by atoms with Gasteiger partial charge in [0.2, 0.25) is 0 Å². The van der Waals surface area contributed by atoms with Crippen molar-refractivity contribution in [2.75, 3.05) is 18.5 Å². The summed E-state index contributed by atoms with van der Waals surface area (Å²) in [6.45, 7) is 1.56. The van der Waals surface area contributed by atoms with Gasteiger partial charge in [-0.1, -0.05) is 11.6 Å². The van der Waals surface area contributed by atoms with E-state index >= 15 is 0 Å². The van der Waals surface area contributed by atoms with E-state index in [2.05, 4.69) is 10.4 Å². The first-order valence-corrected chi connectivity index (χ1v) is 8.76. The Bertz CT molecular complexity index is 853. The number of halogens is 1. The SMILES string of the molecule is NC(=O)c1cn(C2CCCOC2)nc1Nc1cc(Cl)c2c(c1)COB2O. The lowest BCUT2D eigenvalue weighted by molar-refractivity contribution is 0.0550. The molecule has 1 aromatic carbocycles. The monoisotopic (exact) mass is 376 g/mol. The average Bonchev–Trinajstić information content (AvgIpc) is 3.20.